The Kier molecular flexibility index (Phi) is 21.7. The molecule has 4 fully saturated rings. The number of carbonyl (C=O) groups is 3. The summed E-state index contributed by atoms with van der Waals surface area (Å²) in [4.78, 5) is 38.0. The van der Waals surface area contributed by atoms with E-state index in [2.05, 4.69) is 76.2 Å². The first-order chi connectivity index (χ1) is 37.3. The monoisotopic (exact) mass is 1140 g/mol. The van der Waals surface area contributed by atoms with E-state index >= 15 is 0 Å². The van der Waals surface area contributed by atoms with Gasteiger partial charge < -0.3 is 39.8 Å². The van der Waals surface area contributed by atoms with Crippen molar-refractivity contribution in [3.05, 3.63) is 70.3 Å². The van der Waals surface area contributed by atoms with Crippen molar-refractivity contribution >= 4 is 49.4 Å². The number of nitrogens with two attached hydrogens (primary N) is 1. The Bertz CT molecular complexity index is 2670. The zero-order valence-corrected chi connectivity index (χ0v) is 53.3. The lowest BCUT2D eigenvalue weighted by atomic mass is 9.81. The van der Waals surface area contributed by atoms with Crippen LogP contribution in [0.2, 0.25) is 77.1 Å². The van der Waals surface area contributed by atoms with Crippen LogP contribution in [0, 0.1) is 63.2 Å². The maximum atomic E-state index is 13.8. The van der Waals surface area contributed by atoms with E-state index in [4.69, 9.17) is 29.8 Å². The van der Waals surface area contributed by atoms with E-state index in [0.29, 0.717) is 61.3 Å². The molecule has 14 nitrogen and oxygen atoms in total. The molecule has 4 aromatic rings. The van der Waals surface area contributed by atoms with E-state index in [9.17, 15) is 19.5 Å². The zero-order valence-electron chi connectivity index (χ0n) is 50.3. The highest BCUT2D eigenvalue weighted by molar-refractivity contribution is 6.76. The quantitative estimate of drug-likeness (QED) is 0.0178. The van der Waals surface area contributed by atoms with Gasteiger partial charge in [-0.1, -0.05) is 83.2 Å². The smallest absolute Gasteiger partial charge is 0.290 e. The number of rotatable bonds is 33. The molecule has 4 aliphatic rings. The van der Waals surface area contributed by atoms with Crippen molar-refractivity contribution in [2.24, 2.45) is 41.2 Å². The minimum atomic E-state index is -1.22. The molecular formula is C61H96BN6O8Si3. The number of aromatic nitrogens is 4. The Hall–Kier alpha value is -4.01. The molecule has 2 heterocycles. The van der Waals surface area contributed by atoms with Gasteiger partial charge in [0.1, 0.15) is 25.0 Å². The Morgan fingerprint density at radius 3 is 1.54 bits per heavy atom. The van der Waals surface area contributed by atoms with Crippen LogP contribution in [-0.4, -0.2) is 113 Å². The lowest BCUT2D eigenvalue weighted by Gasteiger charge is -2.27. The lowest BCUT2D eigenvalue weighted by Crippen LogP contribution is -2.47. The van der Waals surface area contributed by atoms with Gasteiger partial charge in [0.25, 0.3) is 7.41 Å². The van der Waals surface area contributed by atoms with E-state index in [0.717, 1.165) is 93.7 Å². The molecule has 79 heavy (non-hydrogen) atoms. The van der Waals surface area contributed by atoms with Crippen LogP contribution in [0.15, 0.2) is 36.4 Å². The number of aromatic hydroxyl groups is 1. The predicted molar refractivity (Wildman–Crippen MR) is 326 cm³/mol. The SMILES string of the molecule is Cc1nn(COCC[Si](C)(C)C)c(C)c1-c1ccc(CC(=O)[C@@H](N)C(C2CC2)C2CC2)cc1O.Cc1nn(COCC[Si](C)(C)C)c(C)c1-c1ccc(CC(=O)[C@@H](N[B]C=O)C(C2CC2)C2CC2)cc1OCOCC[Si](C)(C)C. The van der Waals surface area contributed by atoms with Gasteiger partial charge in [0, 0.05) is 90.5 Å². The minimum Gasteiger partial charge on any atom is -0.507 e. The molecule has 0 bridgehead atoms. The average Bonchev–Trinajstić information content (AvgIpc) is 4.30. The van der Waals surface area contributed by atoms with Crippen molar-refractivity contribution in [2.45, 2.75) is 195 Å². The van der Waals surface area contributed by atoms with Gasteiger partial charge in [0.15, 0.2) is 18.4 Å². The lowest BCUT2D eigenvalue weighted by molar-refractivity contribution is -0.122. The molecule has 1 radical (unpaired) electrons. The summed E-state index contributed by atoms with van der Waals surface area (Å²) >= 11 is 0. The number of ether oxygens (including phenoxy) is 4. The maximum absolute atomic E-state index is 13.8. The Morgan fingerprint density at radius 2 is 1.09 bits per heavy atom. The van der Waals surface area contributed by atoms with Gasteiger partial charge in [-0.25, -0.2) is 9.36 Å². The van der Waals surface area contributed by atoms with Crippen molar-refractivity contribution in [1.29, 1.82) is 0 Å². The molecular weight excluding hydrogens is 1040 g/mol. The van der Waals surface area contributed by atoms with Gasteiger partial charge in [0.05, 0.1) is 29.7 Å². The summed E-state index contributed by atoms with van der Waals surface area (Å²) < 4.78 is 27.9. The van der Waals surface area contributed by atoms with Crippen LogP contribution in [0.5, 0.6) is 11.5 Å². The molecule has 433 valence electrons. The molecule has 0 spiro atoms. The number of hydrogen-bond acceptors (Lipinski definition) is 12. The van der Waals surface area contributed by atoms with Crippen molar-refractivity contribution in [3.8, 4) is 33.8 Å². The molecule has 18 heteroatoms. The maximum Gasteiger partial charge on any atom is 0.290 e. The molecule has 4 aliphatic carbocycles. The van der Waals surface area contributed by atoms with Crippen LogP contribution in [0.1, 0.15) is 85.3 Å². The molecule has 0 unspecified atom stereocenters. The summed E-state index contributed by atoms with van der Waals surface area (Å²) in [5.74, 6) is 4.16. The fourth-order valence-corrected chi connectivity index (χ4v) is 13.4. The number of nitrogens with zero attached hydrogens (tertiary/aromatic N) is 4. The molecule has 2 atom stereocenters. The van der Waals surface area contributed by atoms with Crippen LogP contribution < -0.4 is 15.7 Å². The number of aryl methyl sites for hydroxylation is 2. The molecule has 2 aromatic carbocycles. The van der Waals surface area contributed by atoms with Crippen molar-refractivity contribution in [2.75, 3.05) is 26.6 Å². The van der Waals surface area contributed by atoms with E-state index < -0.39 is 24.2 Å². The second-order valence-corrected chi connectivity index (χ2v) is 44.1. The summed E-state index contributed by atoms with van der Waals surface area (Å²) in [5, 5.41) is 23.5. The van der Waals surface area contributed by atoms with Crippen LogP contribution in [0.4, 0.5) is 0 Å². The Morgan fingerprint density at radius 1 is 0.658 bits per heavy atom. The van der Waals surface area contributed by atoms with Crippen molar-refractivity contribution < 1.29 is 38.4 Å². The first kappa shape index (κ1) is 62.6. The van der Waals surface area contributed by atoms with Gasteiger partial charge in [-0.3, -0.25) is 9.59 Å². The highest BCUT2D eigenvalue weighted by atomic mass is 28.3. The molecule has 4 saturated carbocycles. The van der Waals surface area contributed by atoms with Gasteiger partial charge >= 0.3 is 0 Å². The van der Waals surface area contributed by atoms with Gasteiger partial charge in [-0.15, -0.1) is 0 Å². The Labute approximate surface area is 476 Å². The predicted octanol–water partition coefficient (Wildman–Crippen LogP) is 11.5. The number of carbonyl (C=O) groups excluding carboxylic acids is 3. The van der Waals surface area contributed by atoms with Crippen LogP contribution >= 0.6 is 0 Å². The third kappa shape index (κ3) is 18.8. The van der Waals surface area contributed by atoms with E-state index in [-0.39, 0.29) is 49.0 Å². The number of phenols is 1. The number of benzene rings is 2. The van der Waals surface area contributed by atoms with Crippen LogP contribution in [0.3, 0.4) is 0 Å². The summed E-state index contributed by atoms with van der Waals surface area (Å²) in [6, 6.07) is 14.2. The van der Waals surface area contributed by atoms with E-state index in [1.54, 1.807) is 6.07 Å². The van der Waals surface area contributed by atoms with E-state index in [1.165, 1.54) is 58.8 Å². The number of phenolic OH excluding ortho intramolecular Hbond substituents is 1. The fraction of sp³-hybridized carbons (Fsp3) is 0.656. The number of nitrogens with one attached hydrogen (secondary N) is 1. The van der Waals surface area contributed by atoms with Gasteiger partial charge in [-0.2, -0.15) is 10.2 Å². The summed E-state index contributed by atoms with van der Waals surface area (Å²) in [5.41, 5.74) is 15.5. The summed E-state index contributed by atoms with van der Waals surface area (Å²) in [6.45, 7) is 32.2. The number of hydrogen-bond donors (Lipinski definition) is 3. The van der Waals surface area contributed by atoms with Gasteiger partial charge in [-0.05, 0) is 156 Å². The molecule has 2 aromatic heterocycles. The minimum absolute atomic E-state index is 0.0894. The summed E-state index contributed by atoms with van der Waals surface area (Å²) in [7, 11) is -2.13. The second-order valence-electron chi connectivity index (χ2n) is 27.2. The second kappa shape index (κ2) is 27.4. The Balaban J connectivity index is 0.000000237. The summed E-state index contributed by atoms with van der Waals surface area (Å²) in [6.07, 6.45) is 10.8. The van der Waals surface area contributed by atoms with Crippen molar-refractivity contribution in [1.82, 2.24) is 24.8 Å². The normalized spacial score (nSPS) is 16.7. The largest absolute Gasteiger partial charge is 0.507 e. The molecule has 4 N–H and O–H groups in total. The third-order valence-electron chi connectivity index (χ3n) is 16.4. The molecule has 0 aliphatic heterocycles. The standard InChI is InChI=1S/C34H55BN3O5Si2.C27H41N3O3Si/c1-24-32(25(2)38(37-24)22-41-15-17-44(3,4)5)29-14-9-26(20-31(29)43-23-42-16-18-45(6,7)8)19-30(40)34(36-35-21-39)33(27-10-11-27)28-12-13-28;1-17-25(18(2)30(29-17)16-33-12-13-34(3,4)5)22-11-6-19(14-23(22)31)15-24(32)27(28)26(20-7-8-20)21-9-10-21/h9,14,20-21,27-28,33-34,36H,10-13,15-19,22-23H2,1-8H3;6,11,14,20-21,26-27,31H,7-10,12-13,15-16,28H2,1-5H3/t34-;27-/m11/s1. The third-order valence-corrected chi connectivity index (χ3v) is 21.5. The number of Topliss-reactive ketones (excluding diaryl/α,β-unsaturated/α-hetero) is 2. The number of ketones is 2. The average molecular weight is 1140 g/mol. The van der Waals surface area contributed by atoms with Crippen LogP contribution in [0.25, 0.3) is 22.3 Å². The topological polar surface area (TPSA) is 182 Å². The molecule has 0 saturated heterocycles. The first-order valence-corrected chi connectivity index (χ1v) is 40.7. The van der Waals surface area contributed by atoms with E-state index in [1.807, 2.05) is 60.5 Å². The molecule has 0 amide bonds. The van der Waals surface area contributed by atoms with Crippen LogP contribution in [-0.2, 0) is 54.9 Å². The van der Waals surface area contributed by atoms with Crippen molar-refractivity contribution in [3.63, 3.8) is 0 Å². The first-order valence-electron chi connectivity index (χ1n) is 29.6. The highest BCUT2D eigenvalue weighted by Crippen LogP contribution is 2.52. The highest BCUT2D eigenvalue weighted by Gasteiger charge is 2.48. The zero-order chi connectivity index (χ0) is 57.4. The van der Waals surface area contributed by atoms with Gasteiger partial charge in [0.2, 0.25) is 0 Å². The fourth-order valence-electron chi connectivity index (χ4n) is 11.2. The molecule has 8 rings (SSSR count).